The van der Waals surface area contributed by atoms with Gasteiger partial charge in [-0.1, -0.05) is 81.5 Å². The molecule has 1 aromatic carbocycles. The predicted octanol–water partition coefficient (Wildman–Crippen LogP) is 5.68. The summed E-state index contributed by atoms with van der Waals surface area (Å²) in [6.45, 7) is 4.77. The zero-order valence-electron chi connectivity index (χ0n) is 19.2. The van der Waals surface area contributed by atoms with Gasteiger partial charge in [-0.3, -0.25) is 0 Å². The fourth-order valence-electron chi connectivity index (χ4n) is 2.93. The van der Waals surface area contributed by atoms with Crippen LogP contribution in [0.1, 0.15) is 69.3 Å². The van der Waals surface area contributed by atoms with E-state index in [1.165, 1.54) is 6.42 Å². The van der Waals surface area contributed by atoms with Gasteiger partial charge in [0, 0.05) is 0 Å². The number of benzene rings is 1. The molecule has 0 bridgehead atoms. The van der Waals surface area contributed by atoms with Crippen LogP contribution in [0.15, 0.2) is 30.3 Å². The Bertz CT molecular complexity index is 961. The first-order chi connectivity index (χ1) is 16.0. The molecule has 0 atom stereocenters. The number of hydrogen-bond acceptors (Lipinski definition) is 8. The smallest absolute Gasteiger partial charge is 0.255 e. The largest absolute Gasteiger partial charge is 0.470 e. The average Bonchev–Trinajstić information content (AvgIpc) is 2.82. The Labute approximate surface area is 205 Å². The molecule has 33 heavy (non-hydrogen) atoms. The third kappa shape index (κ3) is 10.3. The van der Waals surface area contributed by atoms with Crippen molar-refractivity contribution in [1.82, 2.24) is 30.4 Å². The summed E-state index contributed by atoms with van der Waals surface area (Å²) in [5, 5.41) is 15.5. The number of unbranched alkanes of at least 4 members (excludes halogenated alkanes) is 4. The van der Waals surface area contributed by atoms with E-state index >= 15 is 0 Å². The van der Waals surface area contributed by atoms with Gasteiger partial charge in [0.15, 0.2) is 5.15 Å². The van der Waals surface area contributed by atoms with E-state index in [0.717, 1.165) is 61.9 Å². The summed E-state index contributed by atoms with van der Waals surface area (Å²) in [7, 11) is 0. The first-order valence-electron chi connectivity index (χ1n) is 11.2. The molecule has 3 aromatic rings. The lowest BCUT2D eigenvalue weighted by Gasteiger charge is -2.09. The van der Waals surface area contributed by atoms with Crippen molar-refractivity contribution >= 4 is 29.2 Å². The Hall–Kier alpha value is -2.58. The maximum atomic E-state index is 5.78. The van der Waals surface area contributed by atoms with Crippen LogP contribution in [0, 0.1) is 0 Å². The highest BCUT2D eigenvalue weighted by molar-refractivity contribution is 6.30. The van der Waals surface area contributed by atoms with E-state index in [-0.39, 0.29) is 11.2 Å². The van der Waals surface area contributed by atoms with Crippen LogP contribution in [-0.4, -0.2) is 30.4 Å². The van der Waals surface area contributed by atoms with Crippen molar-refractivity contribution in [3.05, 3.63) is 57.7 Å². The van der Waals surface area contributed by atoms with E-state index in [1.807, 2.05) is 30.3 Å². The number of aromatic nitrogens is 6. The summed E-state index contributed by atoms with van der Waals surface area (Å²) in [4.78, 5) is 8.24. The Kier molecular flexibility index (Phi) is 12.4. The van der Waals surface area contributed by atoms with Gasteiger partial charge in [0.1, 0.15) is 12.3 Å². The van der Waals surface area contributed by atoms with E-state index in [4.69, 9.17) is 33.7 Å². The highest BCUT2D eigenvalue weighted by atomic mass is 35.5. The number of nitrogens with two attached hydrogens (primary N) is 1. The van der Waals surface area contributed by atoms with Crippen LogP contribution in [0.3, 0.4) is 0 Å². The molecule has 2 heterocycles. The fraction of sp³-hybridized carbons (Fsp3) is 0.478. The van der Waals surface area contributed by atoms with Crippen molar-refractivity contribution in [1.29, 1.82) is 0 Å². The highest BCUT2D eigenvalue weighted by Crippen LogP contribution is 2.17. The number of rotatable bonds is 11. The standard InChI is InChI=1S/C15H20N4O.C8H11Cl2N3/c1-2-3-5-10-13-14(18-19-15(16)17-13)20-11-12-8-6-4-7-9-12;1-2-3-4-5-6-7(9)12-13-8(10)11-6/h4,6-9H,2-3,5,10-11H2,1H3,(H2,16,17,19);2-5H2,1H3. The van der Waals surface area contributed by atoms with Gasteiger partial charge in [0.05, 0.1) is 5.69 Å². The van der Waals surface area contributed by atoms with Crippen molar-refractivity contribution in [3.63, 3.8) is 0 Å². The van der Waals surface area contributed by atoms with Gasteiger partial charge in [-0.15, -0.1) is 20.4 Å². The lowest BCUT2D eigenvalue weighted by Crippen LogP contribution is -2.07. The minimum atomic E-state index is 0.163. The Balaban J connectivity index is 0.000000257. The van der Waals surface area contributed by atoms with Crippen molar-refractivity contribution < 1.29 is 4.74 Å². The molecule has 0 aliphatic heterocycles. The summed E-state index contributed by atoms with van der Waals surface area (Å²) in [6, 6.07) is 9.95. The number of ether oxygens (including phenoxy) is 1. The molecule has 2 aromatic heterocycles. The third-order valence-electron chi connectivity index (χ3n) is 4.68. The molecule has 0 fully saturated rings. The lowest BCUT2D eigenvalue weighted by molar-refractivity contribution is 0.284. The van der Waals surface area contributed by atoms with Gasteiger partial charge < -0.3 is 10.5 Å². The maximum Gasteiger partial charge on any atom is 0.255 e. The molecule has 0 aliphatic carbocycles. The number of hydrogen-bond donors (Lipinski definition) is 1. The molecule has 8 nitrogen and oxygen atoms in total. The normalized spacial score (nSPS) is 10.4. The molecule has 0 amide bonds. The van der Waals surface area contributed by atoms with Crippen LogP contribution < -0.4 is 10.5 Å². The fourth-order valence-corrected chi connectivity index (χ4v) is 3.24. The topological polar surface area (TPSA) is 113 Å². The second kappa shape index (κ2) is 15.3. The Morgan fingerprint density at radius 1 is 0.788 bits per heavy atom. The van der Waals surface area contributed by atoms with Gasteiger partial charge in [0.2, 0.25) is 11.2 Å². The van der Waals surface area contributed by atoms with Crippen LogP contribution >= 0.6 is 23.2 Å². The van der Waals surface area contributed by atoms with Crippen LogP contribution in [0.5, 0.6) is 5.88 Å². The molecule has 3 rings (SSSR count). The minimum Gasteiger partial charge on any atom is -0.470 e. The monoisotopic (exact) mass is 491 g/mol. The van der Waals surface area contributed by atoms with Gasteiger partial charge in [-0.05, 0) is 42.8 Å². The number of halogens is 2. The number of nitrogen functional groups attached to an aromatic ring is 1. The summed E-state index contributed by atoms with van der Waals surface area (Å²) in [5.74, 6) is 0.683. The Morgan fingerprint density at radius 2 is 1.45 bits per heavy atom. The molecule has 0 aliphatic rings. The minimum absolute atomic E-state index is 0.163. The maximum absolute atomic E-state index is 5.78. The molecule has 0 saturated carbocycles. The zero-order valence-corrected chi connectivity index (χ0v) is 20.7. The molecular formula is C23H31Cl2N7O. The van der Waals surface area contributed by atoms with E-state index < -0.39 is 0 Å². The van der Waals surface area contributed by atoms with Crippen molar-refractivity contribution in [2.45, 2.75) is 71.8 Å². The summed E-state index contributed by atoms with van der Waals surface area (Å²) < 4.78 is 5.72. The van der Waals surface area contributed by atoms with Crippen LogP contribution in [0.2, 0.25) is 10.4 Å². The second-order valence-corrected chi connectivity index (χ2v) is 8.12. The van der Waals surface area contributed by atoms with Crippen LogP contribution in [0.4, 0.5) is 5.95 Å². The molecule has 0 spiro atoms. The first-order valence-corrected chi connectivity index (χ1v) is 12.0. The predicted molar refractivity (Wildman–Crippen MR) is 131 cm³/mol. The van der Waals surface area contributed by atoms with E-state index in [1.54, 1.807) is 0 Å². The molecule has 0 unspecified atom stereocenters. The third-order valence-corrected chi connectivity index (χ3v) is 5.13. The second-order valence-electron chi connectivity index (χ2n) is 7.43. The summed E-state index contributed by atoms with van der Waals surface area (Å²) >= 11 is 11.4. The molecule has 0 saturated heterocycles. The van der Waals surface area contributed by atoms with Gasteiger partial charge in [0.25, 0.3) is 5.88 Å². The summed E-state index contributed by atoms with van der Waals surface area (Å²) in [6.07, 6.45) is 8.40. The molecule has 2 N–H and O–H groups in total. The van der Waals surface area contributed by atoms with Crippen molar-refractivity contribution in [3.8, 4) is 5.88 Å². The highest BCUT2D eigenvalue weighted by Gasteiger charge is 2.09. The van der Waals surface area contributed by atoms with E-state index in [9.17, 15) is 0 Å². The Morgan fingerprint density at radius 3 is 2.12 bits per heavy atom. The molecular weight excluding hydrogens is 461 g/mol. The SMILES string of the molecule is CCCCCc1nc(Cl)nnc1Cl.CCCCCc1nc(N)nnc1OCc1ccccc1. The van der Waals surface area contributed by atoms with Crippen LogP contribution in [-0.2, 0) is 19.4 Å². The summed E-state index contributed by atoms with van der Waals surface area (Å²) in [5.41, 5.74) is 8.23. The van der Waals surface area contributed by atoms with Crippen molar-refractivity contribution in [2.24, 2.45) is 0 Å². The van der Waals surface area contributed by atoms with Gasteiger partial charge in [-0.25, -0.2) is 9.97 Å². The number of aryl methyl sites for hydroxylation is 2. The average molecular weight is 492 g/mol. The number of nitrogens with zero attached hydrogens (tertiary/aromatic N) is 6. The molecule has 10 heteroatoms. The quantitative estimate of drug-likeness (QED) is 0.341. The van der Waals surface area contributed by atoms with Crippen molar-refractivity contribution in [2.75, 3.05) is 5.73 Å². The molecule has 178 valence electrons. The molecule has 0 radical (unpaired) electrons. The van der Waals surface area contributed by atoms with E-state index in [2.05, 4.69) is 44.2 Å². The number of anilines is 1. The zero-order chi connectivity index (χ0) is 23.9. The lowest BCUT2D eigenvalue weighted by atomic mass is 10.1. The first kappa shape index (κ1) is 26.7. The van der Waals surface area contributed by atoms with Crippen LogP contribution in [0.25, 0.3) is 0 Å². The van der Waals surface area contributed by atoms with Gasteiger partial charge >= 0.3 is 0 Å². The van der Waals surface area contributed by atoms with E-state index in [0.29, 0.717) is 17.6 Å². The van der Waals surface area contributed by atoms with Gasteiger partial charge in [-0.2, -0.15) is 0 Å².